The summed E-state index contributed by atoms with van der Waals surface area (Å²) in [4.78, 5) is 4.99. The highest BCUT2D eigenvalue weighted by Gasteiger charge is 2.52. The zero-order valence-electron chi connectivity index (χ0n) is 37.5. The van der Waals surface area contributed by atoms with E-state index in [1.807, 2.05) is 0 Å². The highest BCUT2D eigenvalue weighted by atomic mass is 15.2. The molecule has 0 heterocycles. The maximum Gasteiger partial charge on any atom is 0.0726 e. The van der Waals surface area contributed by atoms with Crippen molar-refractivity contribution in [1.82, 2.24) is 0 Å². The molecule has 1 fully saturated rings. The van der Waals surface area contributed by atoms with Gasteiger partial charge in [-0.15, -0.1) is 0 Å². The monoisotopic (exact) mass is 858 g/mol. The second kappa shape index (κ2) is 16.2. The third-order valence-corrected chi connectivity index (χ3v) is 15.0. The van der Waals surface area contributed by atoms with E-state index >= 15 is 0 Å². The van der Waals surface area contributed by atoms with E-state index < -0.39 is 5.41 Å². The highest BCUT2D eigenvalue weighted by molar-refractivity contribution is 6.06. The molecule has 2 heteroatoms. The van der Waals surface area contributed by atoms with Gasteiger partial charge in [-0.3, -0.25) is 0 Å². The molecule has 3 aliphatic rings. The lowest BCUT2D eigenvalue weighted by atomic mass is 9.70. The summed E-state index contributed by atoms with van der Waals surface area (Å²) in [5.41, 5.74) is 20.8. The Labute approximate surface area is 394 Å². The SMILES string of the molecule is c1ccc(-c2c(N(c3ccccc3)c3cccc(N(c4ccc(C5CCCCC5)cc4)c4cccc5c4-c4ccccc4C54c5ccccc5-c5ccccc54)c3)ccc3ccccc23)cc1. The molecule has 0 aliphatic heterocycles. The maximum atomic E-state index is 2.54. The van der Waals surface area contributed by atoms with Crippen molar-refractivity contribution in [2.75, 3.05) is 9.80 Å². The lowest BCUT2D eigenvalue weighted by Crippen LogP contribution is -2.26. The summed E-state index contributed by atoms with van der Waals surface area (Å²) >= 11 is 0. The molecule has 1 saturated carbocycles. The summed E-state index contributed by atoms with van der Waals surface area (Å²) in [5, 5.41) is 2.45. The topological polar surface area (TPSA) is 6.48 Å². The molecule has 0 saturated heterocycles. The largest absolute Gasteiger partial charge is 0.310 e. The lowest BCUT2D eigenvalue weighted by Gasteiger charge is -2.33. The minimum Gasteiger partial charge on any atom is -0.310 e. The molecule has 0 atom stereocenters. The first-order valence-corrected chi connectivity index (χ1v) is 24.1. The Hall–Kier alpha value is -7.94. The third-order valence-electron chi connectivity index (χ3n) is 15.0. The molecule has 0 unspecified atom stereocenters. The molecular weight excluding hydrogens is 809 g/mol. The molecule has 3 aliphatic carbocycles. The van der Waals surface area contributed by atoms with Crippen molar-refractivity contribution in [3.05, 3.63) is 264 Å². The van der Waals surface area contributed by atoms with Gasteiger partial charge in [0.05, 0.1) is 16.8 Å². The van der Waals surface area contributed by atoms with E-state index in [-0.39, 0.29) is 0 Å². The van der Waals surface area contributed by atoms with Crippen molar-refractivity contribution in [1.29, 1.82) is 0 Å². The molecule has 0 aromatic heterocycles. The quantitative estimate of drug-likeness (QED) is 0.150. The van der Waals surface area contributed by atoms with Crippen LogP contribution in [0.4, 0.5) is 34.1 Å². The van der Waals surface area contributed by atoms with E-state index in [4.69, 9.17) is 0 Å². The number of para-hydroxylation sites is 1. The number of hydrogen-bond donors (Lipinski definition) is 0. The standard InChI is InChI=1S/C65H50N2/c1-4-20-45(21-5-1)46-38-41-50(42-39-46)67(61-37-19-36-60-64(61)56-32-14-17-35-59(56)65(60)57-33-15-12-30-54(57)55-31-13-16-34-58(55)65)52-28-18-27-51(44-52)66(49-25-8-3-9-26-49)62-43-40-47-22-10-11-29-53(47)63(62)48-23-6-2-7-24-48/h2-3,6-19,22-45H,1,4-5,20-21H2. The molecule has 0 bridgehead atoms. The van der Waals surface area contributed by atoms with Gasteiger partial charge in [-0.2, -0.15) is 0 Å². The average Bonchev–Trinajstić information content (AvgIpc) is 3.88. The van der Waals surface area contributed by atoms with E-state index in [1.165, 1.54) is 110 Å². The van der Waals surface area contributed by atoms with Crippen LogP contribution in [0.15, 0.2) is 237 Å². The van der Waals surface area contributed by atoms with Crippen molar-refractivity contribution in [2.45, 2.75) is 43.4 Å². The van der Waals surface area contributed by atoms with E-state index in [0.29, 0.717) is 5.92 Å². The summed E-state index contributed by atoms with van der Waals surface area (Å²) in [6, 6.07) is 88.4. The van der Waals surface area contributed by atoms with Gasteiger partial charge in [-0.25, -0.2) is 0 Å². The first-order chi connectivity index (χ1) is 33.3. The average molecular weight is 859 g/mol. The maximum absolute atomic E-state index is 2.54. The Kier molecular flexibility index (Phi) is 9.53. The van der Waals surface area contributed by atoms with E-state index in [9.17, 15) is 0 Å². The number of rotatable bonds is 8. The Bertz CT molecular complexity index is 3410. The predicted molar refractivity (Wildman–Crippen MR) is 281 cm³/mol. The van der Waals surface area contributed by atoms with Gasteiger partial charge in [-0.1, -0.05) is 201 Å². The number of hydrogen-bond acceptors (Lipinski definition) is 2. The van der Waals surface area contributed by atoms with Gasteiger partial charge in [0.1, 0.15) is 0 Å². The van der Waals surface area contributed by atoms with Crippen LogP contribution in [0.25, 0.3) is 44.2 Å². The minimum atomic E-state index is -0.443. The molecule has 0 radical (unpaired) electrons. The molecule has 10 aromatic rings. The van der Waals surface area contributed by atoms with Crippen LogP contribution in [-0.4, -0.2) is 0 Å². The van der Waals surface area contributed by atoms with Crippen molar-refractivity contribution in [2.24, 2.45) is 0 Å². The fraction of sp³-hybridized carbons (Fsp3) is 0.108. The van der Waals surface area contributed by atoms with Crippen LogP contribution in [-0.2, 0) is 5.41 Å². The Morgan fingerprint density at radius 1 is 0.343 bits per heavy atom. The van der Waals surface area contributed by atoms with Crippen molar-refractivity contribution in [3.63, 3.8) is 0 Å². The first kappa shape index (κ1) is 39.4. The van der Waals surface area contributed by atoms with E-state index in [0.717, 1.165) is 28.4 Å². The summed E-state index contributed by atoms with van der Waals surface area (Å²) in [7, 11) is 0. The number of nitrogens with zero attached hydrogens (tertiary/aromatic N) is 2. The molecule has 1 spiro atoms. The number of benzene rings is 10. The minimum absolute atomic E-state index is 0.443. The van der Waals surface area contributed by atoms with Crippen LogP contribution in [0.5, 0.6) is 0 Å². The van der Waals surface area contributed by atoms with Gasteiger partial charge < -0.3 is 9.80 Å². The molecule has 0 amide bonds. The van der Waals surface area contributed by atoms with Gasteiger partial charge in [0.25, 0.3) is 0 Å². The van der Waals surface area contributed by atoms with Crippen LogP contribution in [0, 0.1) is 0 Å². The molecular formula is C65H50N2. The molecule has 67 heavy (non-hydrogen) atoms. The fourth-order valence-electron chi connectivity index (χ4n) is 12.2. The summed E-state index contributed by atoms with van der Waals surface area (Å²) in [5.74, 6) is 0.620. The molecule has 10 aromatic carbocycles. The van der Waals surface area contributed by atoms with Crippen LogP contribution in [0.1, 0.15) is 65.8 Å². The Morgan fingerprint density at radius 3 is 1.54 bits per heavy atom. The van der Waals surface area contributed by atoms with Gasteiger partial charge in [0.15, 0.2) is 0 Å². The summed E-state index contributed by atoms with van der Waals surface area (Å²) in [6.07, 6.45) is 6.52. The smallest absolute Gasteiger partial charge is 0.0726 e. The normalized spacial score (nSPS) is 14.3. The predicted octanol–water partition coefficient (Wildman–Crippen LogP) is 17.8. The van der Waals surface area contributed by atoms with E-state index in [2.05, 4.69) is 246 Å². The number of anilines is 6. The van der Waals surface area contributed by atoms with Crippen molar-refractivity contribution < 1.29 is 0 Å². The van der Waals surface area contributed by atoms with Gasteiger partial charge in [-0.05, 0) is 134 Å². The van der Waals surface area contributed by atoms with E-state index in [1.54, 1.807) is 0 Å². The zero-order valence-corrected chi connectivity index (χ0v) is 37.5. The molecule has 320 valence electrons. The Morgan fingerprint density at radius 2 is 0.851 bits per heavy atom. The second-order valence-corrected chi connectivity index (χ2v) is 18.6. The summed E-state index contributed by atoms with van der Waals surface area (Å²) in [6.45, 7) is 0. The van der Waals surface area contributed by atoms with Crippen LogP contribution in [0.3, 0.4) is 0 Å². The molecule has 2 nitrogen and oxygen atoms in total. The zero-order chi connectivity index (χ0) is 44.3. The van der Waals surface area contributed by atoms with Gasteiger partial charge in [0.2, 0.25) is 0 Å². The number of fused-ring (bicyclic) bond motifs is 11. The van der Waals surface area contributed by atoms with Crippen LogP contribution < -0.4 is 9.80 Å². The van der Waals surface area contributed by atoms with Gasteiger partial charge >= 0.3 is 0 Å². The lowest BCUT2D eigenvalue weighted by molar-refractivity contribution is 0.443. The van der Waals surface area contributed by atoms with Crippen LogP contribution in [0.2, 0.25) is 0 Å². The molecule has 13 rings (SSSR count). The van der Waals surface area contributed by atoms with Crippen molar-refractivity contribution in [3.8, 4) is 33.4 Å². The van der Waals surface area contributed by atoms with Crippen molar-refractivity contribution >= 4 is 44.9 Å². The Balaban J connectivity index is 1.05. The van der Waals surface area contributed by atoms with Crippen LogP contribution >= 0.6 is 0 Å². The third kappa shape index (κ3) is 6.24. The fourth-order valence-corrected chi connectivity index (χ4v) is 12.2. The summed E-state index contributed by atoms with van der Waals surface area (Å²) < 4.78 is 0. The first-order valence-electron chi connectivity index (χ1n) is 24.1. The highest BCUT2D eigenvalue weighted by Crippen LogP contribution is 2.64. The van der Waals surface area contributed by atoms with Gasteiger partial charge in [0, 0.05) is 33.9 Å². The molecule has 0 N–H and O–H groups in total. The second-order valence-electron chi connectivity index (χ2n) is 18.6.